The standard InChI is InChI=1S/C13H26N2O/c1-10(12-6-4-3-5-7-12)8-13(16)15-11(2)9-14/h10-12H,3-9,14H2,1-2H3,(H,15,16)/t10?,11-/m0/s1. The van der Waals surface area contributed by atoms with Crippen molar-refractivity contribution in [1.29, 1.82) is 0 Å². The van der Waals surface area contributed by atoms with Crippen molar-refractivity contribution in [3.05, 3.63) is 0 Å². The van der Waals surface area contributed by atoms with Crippen LogP contribution in [0.15, 0.2) is 0 Å². The van der Waals surface area contributed by atoms with E-state index < -0.39 is 0 Å². The minimum absolute atomic E-state index is 0.103. The van der Waals surface area contributed by atoms with E-state index in [0.717, 1.165) is 5.92 Å². The lowest BCUT2D eigenvalue weighted by Crippen LogP contribution is -2.39. The van der Waals surface area contributed by atoms with E-state index in [2.05, 4.69) is 12.2 Å². The first kappa shape index (κ1) is 13.5. The van der Waals surface area contributed by atoms with Crippen LogP contribution in [0.4, 0.5) is 0 Å². The number of amides is 1. The highest BCUT2D eigenvalue weighted by molar-refractivity contribution is 5.76. The van der Waals surface area contributed by atoms with Gasteiger partial charge in [-0.2, -0.15) is 0 Å². The van der Waals surface area contributed by atoms with Gasteiger partial charge in [-0.05, 0) is 18.8 Å². The van der Waals surface area contributed by atoms with Gasteiger partial charge in [0.2, 0.25) is 5.91 Å². The topological polar surface area (TPSA) is 55.1 Å². The van der Waals surface area contributed by atoms with E-state index in [1.807, 2.05) is 6.92 Å². The van der Waals surface area contributed by atoms with E-state index in [1.165, 1.54) is 32.1 Å². The Morgan fingerprint density at radius 1 is 1.31 bits per heavy atom. The molecule has 1 aliphatic rings. The van der Waals surface area contributed by atoms with Gasteiger partial charge in [0.25, 0.3) is 0 Å². The Morgan fingerprint density at radius 2 is 1.94 bits per heavy atom. The van der Waals surface area contributed by atoms with Crippen LogP contribution in [0.3, 0.4) is 0 Å². The van der Waals surface area contributed by atoms with Crippen molar-refractivity contribution in [2.45, 2.75) is 58.4 Å². The zero-order valence-corrected chi connectivity index (χ0v) is 10.7. The van der Waals surface area contributed by atoms with Gasteiger partial charge in [-0.3, -0.25) is 4.79 Å². The molecule has 0 heterocycles. The predicted molar refractivity (Wildman–Crippen MR) is 67.0 cm³/mol. The van der Waals surface area contributed by atoms with Crippen LogP contribution >= 0.6 is 0 Å². The first-order valence-corrected chi connectivity index (χ1v) is 6.63. The van der Waals surface area contributed by atoms with E-state index in [0.29, 0.717) is 18.9 Å². The molecule has 3 heteroatoms. The number of carbonyl (C=O) groups is 1. The third-order valence-corrected chi connectivity index (χ3v) is 3.72. The summed E-state index contributed by atoms with van der Waals surface area (Å²) in [6, 6.07) is 0.103. The average molecular weight is 226 g/mol. The zero-order chi connectivity index (χ0) is 12.0. The Balaban J connectivity index is 2.26. The fourth-order valence-corrected chi connectivity index (χ4v) is 2.55. The lowest BCUT2D eigenvalue weighted by atomic mass is 9.79. The molecule has 0 aliphatic heterocycles. The highest BCUT2D eigenvalue weighted by atomic mass is 16.1. The number of hydrogen-bond acceptors (Lipinski definition) is 2. The molecule has 0 aromatic rings. The Bertz CT molecular complexity index is 212. The second kappa shape index (κ2) is 6.89. The third-order valence-electron chi connectivity index (χ3n) is 3.72. The minimum atomic E-state index is 0.103. The Hall–Kier alpha value is -0.570. The van der Waals surface area contributed by atoms with Gasteiger partial charge in [0.05, 0.1) is 0 Å². The molecule has 1 fully saturated rings. The first-order valence-electron chi connectivity index (χ1n) is 6.63. The Labute approximate surface area is 99.2 Å². The monoisotopic (exact) mass is 226 g/mol. The van der Waals surface area contributed by atoms with Gasteiger partial charge in [0, 0.05) is 19.0 Å². The molecular formula is C13H26N2O. The van der Waals surface area contributed by atoms with Gasteiger partial charge in [-0.1, -0.05) is 39.0 Å². The van der Waals surface area contributed by atoms with Gasteiger partial charge in [0.15, 0.2) is 0 Å². The van der Waals surface area contributed by atoms with Crippen LogP contribution in [0, 0.1) is 11.8 Å². The van der Waals surface area contributed by atoms with E-state index in [4.69, 9.17) is 5.73 Å². The summed E-state index contributed by atoms with van der Waals surface area (Å²) in [6.07, 6.45) is 7.34. The molecule has 2 atom stereocenters. The highest BCUT2D eigenvalue weighted by Crippen LogP contribution is 2.31. The summed E-state index contributed by atoms with van der Waals surface area (Å²) in [6.45, 7) is 4.68. The number of carbonyl (C=O) groups excluding carboxylic acids is 1. The van der Waals surface area contributed by atoms with Crippen LogP contribution in [0.25, 0.3) is 0 Å². The molecule has 1 rings (SSSR count). The maximum absolute atomic E-state index is 11.7. The van der Waals surface area contributed by atoms with Crippen LogP contribution < -0.4 is 11.1 Å². The molecule has 16 heavy (non-hydrogen) atoms. The van der Waals surface area contributed by atoms with Crippen LogP contribution in [-0.4, -0.2) is 18.5 Å². The van der Waals surface area contributed by atoms with Crippen molar-refractivity contribution in [3.8, 4) is 0 Å². The van der Waals surface area contributed by atoms with Crippen LogP contribution in [0.1, 0.15) is 52.4 Å². The summed E-state index contributed by atoms with van der Waals surface area (Å²) in [5.41, 5.74) is 5.48. The molecule has 3 N–H and O–H groups in total. The van der Waals surface area contributed by atoms with Gasteiger partial charge in [0.1, 0.15) is 0 Å². The molecule has 0 bridgehead atoms. The van der Waals surface area contributed by atoms with Crippen molar-refractivity contribution in [3.63, 3.8) is 0 Å². The summed E-state index contributed by atoms with van der Waals surface area (Å²) < 4.78 is 0. The maximum atomic E-state index is 11.7. The Kier molecular flexibility index (Phi) is 5.81. The number of hydrogen-bond donors (Lipinski definition) is 2. The first-order chi connectivity index (χ1) is 7.63. The highest BCUT2D eigenvalue weighted by Gasteiger charge is 2.22. The van der Waals surface area contributed by atoms with Crippen LogP contribution in [0.5, 0.6) is 0 Å². The molecule has 0 spiro atoms. The number of nitrogens with one attached hydrogen (secondary N) is 1. The van der Waals surface area contributed by atoms with Crippen molar-refractivity contribution in [2.24, 2.45) is 17.6 Å². The molecule has 1 aliphatic carbocycles. The number of rotatable bonds is 5. The summed E-state index contributed by atoms with van der Waals surface area (Å²) in [4.78, 5) is 11.7. The number of nitrogens with two attached hydrogens (primary N) is 1. The third kappa shape index (κ3) is 4.52. The molecule has 1 unspecified atom stereocenters. The molecule has 0 aromatic heterocycles. The summed E-state index contributed by atoms with van der Waals surface area (Å²) in [5.74, 6) is 1.44. The molecule has 0 radical (unpaired) electrons. The lowest BCUT2D eigenvalue weighted by Gasteiger charge is -2.27. The van der Waals surface area contributed by atoms with E-state index in [-0.39, 0.29) is 11.9 Å². The van der Waals surface area contributed by atoms with Crippen LogP contribution in [-0.2, 0) is 4.79 Å². The molecule has 94 valence electrons. The molecule has 1 amide bonds. The normalized spacial score (nSPS) is 21.4. The summed E-state index contributed by atoms with van der Waals surface area (Å²) in [7, 11) is 0. The molecule has 0 aromatic carbocycles. The fourth-order valence-electron chi connectivity index (χ4n) is 2.55. The van der Waals surface area contributed by atoms with E-state index in [1.54, 1.807) is 0 Å². The van der Waals surface area contributed by atoms with Crippen molar-refractivity contribution in [1.82, 2.24) is 5.32 Å². The second-order valence-electron chi connectivity index (χ2n) is 5.28. The molecule has 1 saturated carbocycles. The SMILES string of the molecule is CC(CC(=O)N[C@@H](C)CN)C1CCCCC1. The van der Waals surface area contributed by atoms with E-state index in [9.17, 15) is 4.79 Å². The average Bonchev–Trinajstić information content (AvgIpc) is 2.29. The van der Waals surface area contributed by atoms with Gasteiger partial charge in [-0.15, -0.1) is 0 Å². The van der Waals surface area contributed by atoms with Crippen molar-refractivity contribution in [2.75, 3.05) is 6.54 Å². The molecule has 0 saturated heterocycles. The predicted octanol–water partition coefficient (Wildman–Crippen LogP) is 2.06. The largest absolute Gasteiger partial charge is 0.352 e. The maximum Gasteiger partial charge on any atom is 0.220 e. The van der Waals surface area contributed by atoms with Crippen molar-refractivity contribution >= 4 is 5.91 Å². The fraction of sp³-hybridized carbons (Fsp3) is 0.923. The quantitative estimate of drug-likeness (QED) is 0.754. The molecular weight excluding hydrogens is 200 g/mol. The van der Waals surface area contributed by atoms with Crippen LogP contribution in [0.2, 0.25) is 0 Å². The summed E-state index contributed by atoms with van der Waals surface area (Å²) in [5, 5.41) is 2.94. The zero-order valence-electron chi connectivity index (χ0n) is 10.7. The van der Waals surface area contributed by atoms with Gasteiger partial charge in [-0.25, -0.2) is 0 Å². The second-order valence-corrected chi connectivity index (χ2v) is 5.28. The Morgan fingerprint density at radius 3 is 2.50 bits per heavy atom. The summed E-state index contributed by atoms with van der Waals surface area (Å²) >= 11 is 0. The molecule has 3 nitrogen and oxygen atoms in total. The lowest BCUT2D eigenvalue weighted by molar-refractivity contribution is -0.122. The minimum Gasteiger partial charge on any atom is -0.352 e. The van der Waals surface area contributed by atoms with E-state index >= 15 is 0 Å². The van der Waals surface area contributed by atoms with Gasteiger partial charge < -0.3 is 11.1 Å². The van der Waals surface area contributed by atoms with Crippen molar-refractivity contribution < 1.29 is 4.79 Å². The van der Waals surface area contributed by atoms with Gasteiger partial charge >= 0.3 is 0 Å². The smallest absolute Gasteiger partial charge is 0.220 e.